The van der Waals surface area contributed by atoms with E-state index in [-0.39, 0.29) is 63.6 Å². The molecule has 0 saturated carbocycles. The number of likely N-dealkylation sites (N-methyl/N-ethyl adjacent to an activating group) is 2. The third kappa shape index (κ3) is 11.4. The van der Waals surface area contributed by atoms with E-state index < -0.39 is 109 Å². The number of carbonyl (C=O) groups is 7. The smallest absolute Gasteiger partial charge is 0.357 e. The minimum absolute atomic E-state index is 0.0258. The number of ether oxygens (including phenoxy) is 1. The number of benzene rings is 1. The number of halogens is 6. The number of carbonyl (C=O) groups excluding carboxylic acids is 7. The summed E-state index contributed by atoms with van der Waals surface area (Å²) in [6.45, 7) is 4.30. The summed E-state index contributed by atoms with van der Waals surface area (Å²) in [5.74, 6) is -5.80. The zero-order chi connectivity index (χ0) is 47.3. The lowest BCUT2D eigenvalue weighted by molar-refractivity contribution is -0.281. The number of hydrogen-bond acceptors (Lipinski definition) is 8. The Morgan fingerprint density at radius 2 is 1.72 bits per heavy atom. The summed E-state index contributed by atoms with van der Waals surface area (Å²) in [6, 6.07) is -2.75. The molecule has 0 aromatic heterocycles. The molecule has 21 heteroatoms. The van der Waals surface area contributed by atoms with Gasteiger partial charge in [-0.25, -0.2) is 4.39 Å². The number of hydrogen-bond donors (Lipinski definition) is 3. The fourth-order valence-corrected chi connectivity index (χ4v) is 9.46. The van der Waals surface area contributed by atoms with Gasteiger partial charge in [-0.1, -0.05) is 37.0 Å². The summed E-state index contributed by atoms with van der Waals surface area (Å²) in [6.07, 6.45) is -6.22. The van der Waals surface area contributed by atoms with Gasteiger partial charge < -0.3 is 40.3 Å². The van der Waals surface area contributed by atoms with Crippen molar-refractivity contribution < 1.29 is 55.9 Å². The molecule has 0 spiro atoms. The zero-order valence-electron chi connectivity index (χ0n) is 36.8. The van der Waals surface area contributed by atoms with Crippen molar-refractivity contribution in [3.8, 4) is 0 Å². The SMILES string of the molecule is CC(C)C[C@@H]1NC(=O)[C@@H](N(C)C(=O)[C@H](C)NC(=O)[C@@H]2C[C@@H](F)CN2C(=O)C2(C(F)(F)F)CCCCO2)CCCCNC(=O)[C@H]2CCCN2C(=O)[C@H](Cc2cc(Cl)ccc2Cl)N(C)C1=O. The second kappa shape index (κ2) is 21.4. The van der Waals surface area contributed by atoms with Crippen LogP contribution in [0.2, 0.25) is 10.0 Å². The van der Waals surface area contributed by atoms with Crippen LogP contribution in [0.5, 0.6) is 0 Å². The minimum atomic E-state index is -5.14. The van der Waals surface area contributed by atoms with Crippen molar-refractivity contribution >= 4 is 64.6 Å². The maximum atomic E-state index is 14.8. The number of likely N-dealkylation sites (tertiary alicyclic amines) is 1. The third-order valence-electron chi connectivity index (χ3n) is 12.6. The number of fused-ring (bicyclic) bond motifs is 1. The molecule has 1 aromatic carbocycles. The highest BCUT2D eigenvalue weighted by Gasteiger charge is 2.65. The molecule has 1 aromatic rings. The van der Waals surface area contributed by atoms with E-state index in [1.807, 2.05) is 13.8 Å². The summed E-state index contributed by atoms with van der Waals surface area (Å²) >= 11 is 12.8. The van der Waals surface area contributed by atoms with Crippen molar-refractivity contribution in [2.24, 2.45) is 5.92 Å². The maximum absolute atomic E-state index is 14.8. The summed E-state index contributed by atoms with van der Waals surface area (Å²) in [4.78, 5) is 102. The first-order chi connectivity index (χ1) is 30.1. The fourth-order valence-electron chi connectivity index (χ4n) is 9.07. The quantitative estimate of drug-likeness (QED) is 0.312. The Morgan fingerprint density at radius 3 is 2.38 bits per heavy atom. The summed E-state index contributed by atoms with van der Waals surface area (Å²) in [5, 5.41) is 8.76. The number of nitrogens with zero attached hydrogens (tertiary/aromatic N) is 4. The molecule has 4 saturated heterocycles. The first-order valence-electron chi connectivity index (χ1n) is 21.9. The molecule has 0 aliphatic carbocycles. The van der Waals surface area contributed by atoms with Crippen LogP contribution in [0, 0.1) is 5.92 Å². The van der Waals surface area contributed by atoms with E-state index >= 15 is 0 Å². The van der Waals surface area contributed by atoms with Crippen LogP contribution < -0.4 is 16.0 Å². The van der Waals surface area contributed by atoms with Crippen LogP contribution in [0.15, 0.2) is 18.2 Å². The van der Waals surface area contributed by atoms with Crippen LogP contribution in [0.4, 0.5) is 17.6 Å². The van der Waals surface area contributed by atoms with Gasteiger partial charge in [0.2, 0.25) is 41.0 Å². The Morgan fingerprint density at radius 1 is 1.00 bits per heavy atom. The molecule has 7 amide bonds. The van der Waals surface area contributed by atoms with Crippen molar-refractivity contribution in [2.45, 2.75) is 146 Å². The van der Waals surface area contributed by atoms with Gasteiger partial charge in [0.1, 0.15) is 42.4 Å². The van der Waals surface area contributed by atoms with Crippen molar-refractivity contribution in [1.82, 2.24) is 35.6 Å². The molecule has 356 valence electrons. The summed E-state index contributed by atoms with van der Waals surface area (Å²) < 4.78 is 63.0. The molecule has 64 heavy (non-hydrogen) atoms. The Balaban J connectivity index is 1.39. The monoisotopic (exact) mass is 947 g/mol. The number of amides is 7. The number of alkyl halides is 4. The van der Waals surface area contributed by atoms with Crippen molar-refractivity contribution in [1.29, 1.82) is 0 Å². The molecule has 4 aliphatic rings. The van der Waals surface area contributed by atoms with Crippen molar-refractivity contribution in [3.63, 3.8) is 0 Å². The van der Waals surface area contributed by atoms with Gasteiger partial charge in [-0.15, -0.1) is 0 Å². The van der Waals surface area contributed by atoms with E-state index in [9.17, 15) is 51.1 Å². The molecule has 1 unspecified atom stereocenters. The minimum Gasteiger partial charge on any atom is -0.357 e. The lowest BCUT2D eigenvalue weighted by Gasteiger charge is -2.40. The van der Waals surface area contributed by atoms with Crippen LogP contribution in [0.25, 0.3) is 0 Å². The van der Waals surface area contributed by atoms with E-state index in [1.54, 1.807) is 18.2 Å². The summed E-state index contributed by atoms with van der Waals surface area (Å²) in [7, 11) is 2.75. The zero-order valence-corrected chi connectivity index (χ0v) is 38.3. The topological polar surface area (TPSA) is 178 Å². The second-order valence-corrected chi connectivity index (χ2v) is 18.5. The van der Waals surface area contributed by atoms with Gasteiger partial charge in [0, 0.05) is 56.7 Å². The Hall–Kier alpha value is -4.23. The van der Waals surface area contributed by atoms with Crippen molar-refractivity contribution in [3.05, 3.63) is 33.8 Å². The predicted molar refractivity (Wildman–Crippen MR) is 227 cm³/mol. The standard InChI is InChI=1S/C43H59Cl2F4N7O8/c1-24(2)19-30-39(61)54(5)34(21-26-20-27(44)13-14-29(26)45)40(62)55-17-10-12-32(55)35(57)50-16-8-6-11-31(36(58)52-30)53(4)38(60)25(3)51-37(59)33-22-28(46)23-56(33)41(63)42(43(47,48)49)15-7-9-18-64-42/h13-14,20,24-25,28,30-34H,6-12,15-19,21-23H2,1-5H3,(H,50,57)(H,51,59)(H,52,58)/t25-,28+,30-,31-,32+,33-,34-,42?/m0/s1. The highest BCUT2D eigenvalue weighted by Crippen LogP contribution is 2.43. The summed E-state index contributed by atoms with van der Waals surface area (Å²) in [5.41, 5.74) is -2.76. The van der Waals surface area contributed by atoms with E-state index in [0.717, 1.165) is 4.90 Å². The first-order valence-corrected chi connectivity index (χ1v) is 22.7. The highest BCUT2D eigenvalue weighted by atomic mass is 35.5. The van der Waals surface area contributed by atoms with Crippen LogP contribution in [0.3, 0.4) is 0 Å². The average molecular weight is 949 g/mol. The molecular formula is C43H59Cl2F4N7O8. The van der Waals surface area contributed by atoms with Gasteiger partial charge in [0.05, 0.1) is 6.54 Å². The normalized spacial score (nSPS) is 28.4. The lowest BCUT2D eigenvalue weighted by atomic mass is 9.91. The van der Waals surface area contributed by atoms with E-state index in [2.05, 4.69) is 16.0 Å². The van der Waals surface area contributed by atoms with Gasteiger partial charge in [-0.2, -0.15) is 13.2 Å². The Bertz CT molecular complexity index is 1920. The number of nitrogens with one attached hydrogen (secondary N) is 3. The predicted octanol–water partition coefficient (Wildman–Crippen LogP) is 3.96. The third-order valence-corrected chi connectivity index (χ3v) is 13.2. The fraction of sp³-hybridized carbons (Fsp3) is 0.698. The highest BCUT2D eigenvalue weighted by molar-refractivity contribution is 6.33. The largest absolute Gasteiger partial charge is 0.426 e. The molecule has 4 fully saturated rings. The lowest BCUT2D eigenvalue weighted by Crippen LogP contribution is -2.63. The molecule has 5 rings (SSSR count). The molecule has 3 N–H and O–H groups in total. The molecule has 8 atom stereocenters. The Kier molecular flexibility index (Phi) is 17.0. The Labute approximate surface area is 380 Å². The van der Waals surface area contributed by atoms with Gasteiger partial charge in [-0.3, -0.25) is 33.6 Å². The second-order valence-electron chi connectivity index (χ2n) is 17.7. The molecular weight excluding hydrogens is 889 g/mol. The molecule has 4 heterocycles. The van der Waals surface area contributed by atoms with Gasteiger partial charge in [0.25, 0.3) is 5.91 Å². The molecule has 0 radical (unpaired) electrons. The molecule has 4 aliphatic heterocycles. The number of rotatable bonds is 9. The molecule has 0 bridgehead atoms. The van der Waals surface area contributed by atoms with Crippen LogP contribution in [-0.4, -0.2) is 155 Å². The average Bonchev–Trinajstić information content (AvgIpc) is 3.90. The van der Waals surface area contributed by atoms with Crippen LogP contribution in [0.1, 0.15) is 90.5 Å². The van der Waals surface area contributed by atoms with E-state index in [4.69, 9.17) is 27.9 Å². The maximum Gasteiger partial charge on any atom is 0.426 e. The van der Waals surface area contributed by atoms with E-state index in [1.165, 1.54) is 30.8 Å². The van der Waals surface area contributed by atoms with Gasteiger partial charge in [-0.05, 0) is 94.4 Å². The van der Waals surface area contributed by atoms with Gasteiger partial charge in [0.15, 0.2) is 0 Å². The van der Waals surface area contributed by atoms with Crippen LogP contribution >= 0.6 is 23.2 Å². The molecule has 15 nitrogen and oxygen atoms in total. The van der Waals surface area contributed by atoms with Crippen LogP contribution in [-0.2, 0) is 44.7 Å². The first kappa shape index (κ1) is 50.8. The van der Waals surface area contributed by atoms with E-state index in [0.29, 0.717) is 46.2 Å². The van der Waals surface area contributed by atoms with Gasteiger partial charge >= 0.3 is 6.18 Å². The van der Waals surface area contributed by atoms with Crippen molar-refractivity contribution in [2.75, 3.05) is 40.3 Å².